The summed E-state index contributed by atoms with van der Waals surface area (Å²) in [5, 5.41) is 26.3. The second kappa shape index (κ2) is 3.33. The average Bonchev–Trinajstić information content (AvgIpc) is 2.53. The van der Waals surface area contributed by atoms with Crippen molar-refractivity contribution in [3.05, 3.63) is 18.2 Å². The quantitative estimate of drug-likeness (QED) is 0.462. The van der Waals surface area contributed by atoms with Crippen LogP contribution >= 0.6 is 0 Å². The van der Waals surface area contributed by atoms with Gasteiger partial charge in [0.25, 0.3) is 0 Å². The van der Waals surface area contributed by atoms with E-state index in [-0.39, 0.29) is 5.82 Å². The molecule has 0 spiro atoms. The first kappa shape index (κ1) is 8.69. The van der Waals surface area contributed by atoms with E-state index in [4.69, 9.17) is 15.3 Å². The van der Waals surface area contributed by atoms with Gasteiger partial charge in [0.05, 0.1) is 0 Å². The molecular weight excluding hydrogens is 164 g/mol. The van der Waals surface area contributed by atoms with Gasteiger partial charge in [-0.05, 0) is 0 Å². The molecule has 6 heteroatoms. The highest BCUT2D eigenvalue weighted by molar-refractivity contribution is 5.72. The van der Waals surface area contributed by atoms with Crippen molar-refractivity contribution in [2.24, 2.45) is 0 Å². The molecule has 2 atom stereocenters. The van der Waals surface area contributed by atoms with Crippen molar-refractivity contribution in [2.75, 3.05) is 0 Å². The predicted molar refractivity (Wildman–Crippen MR) is 37.2 cm³/mol. The number of aliphatic carboxylic acids is 1. The molecule has 0 fully saturated rings. The Balaban J connectivity index is 2.71. The lowest BCUT2D eigenvalue weighted by Crippen LogP contribution is -2.28. The van der Waals surface area contributed by atoms with Crippen LogP contribution in [-0.4, -0.2) is 37.4 Å². The minimum atomic E-state index is -1.85. The normalized spacial score (nSPS) is 15.5. The number of rotatable bonds is 3. The molecule has 0 amide bonds. The molecular formula is C6H8N2O4. The van der Waals surface area contributed by atoms with Gasteiger partial charge in [-0.1, -0.05) is 0 Å². The Morgan fingerprint density at radius 1 is 1.58 bits per heavy atom. The lowest BCUT2D eigenvalue weighted by atomic mass is 10.2. The van der Waals surface area contributed by atoms with Gasteiger partial charge in [0.15, 0.2) is 6.10 Å². The number of aliphatic hydroxyl groups excluding tert-OH is 2. The Bertz CT molecular complexity index is 259. The minimum absolute atomic E-state index is 0.0323. The summed E-state index contributed by atoms with van der Waals surface area (Å²) in [5.41, 5.74) is 0. The largest absolute Gasteiger partial charge is 0.479 e. The Kier molecular flexibility index (Phi) is 2.41. The summed E-state index contributed by atoms with van der Waals surface area (Å²) < 4.78 is 0. The molecule has 6 nitrogen and oxygen atoms in total. The summed E-state index contributed by atoms with van der Waals surface area (Å²) in [5.74, 6) is -1.45. The number of H-pyrrole nitrogens is 1. The van der Waals surface area contributed by atoms with E-state index in [0.29, 0.717) is 0 Å². The van der Waals surface area contributed by atoms with Crippen LogP contribution in [-0.2, 0) is 4.79 Å². The predicted octanol–water partition coefficient (Wildman–Crippen LogP) is -1.11. The molecule has 0 radical (unpaired) electrons. The van der Waals surface area contributed by atoms with Crippen LogP contribution in [0, 0.1) is 0 Å². The van der Waals surface area contributed by atoms with Gasteiger partial charge in [0.2, 0.25) is 0 Å². The average molecular weight is 172 g/mol. The van der Waals surface area contributed by atoms with E-state index in [2.05, 4.69) is 9.97 Å². The van der Waals surface area contributed by atoms with Gasteiger partial charge in [-0.3, -0.25) is 0 Å². The van der Waals surface area contributed by atoms with Gasteiger partial charge in [0, 0.05) is 12.4 Å². The highest BCUT2D eigenvalue weighted by Crippen LogP contribution is 2.11. The van der Waals surface area contributed by atoms with Crippen LogP contribution < -0.4 is 0 Å². The number of aromatic nitrogens is 2. The molecule has 1 heterocycles. The summed E-state index contributed by atoms with van der Waals surface area (Å²) in [6.45, 7) is 0. The number of carbonyl (C=O) groups is 1. The van der Waals surface area contributed by atoms with Crippen molar-refractivity contribution < 1.29 is 20.1 Å². The molecule has 1 rings (SSSR count). The first-order valence-corrected chi connectivity index (χ1v) is 3.21. The number of carboxylic acids is 1. The maximum absolute atomic E-state index is 10.2. The number of nitrogens with zero attached hydrogens (tertiary/aromatic N) is 1. The molecule has 1 aromatic rings. The number of aliphatic hydroxyl groups is 2. The topological polar surface area (TPSA) is 106 Å². The van der Waals surface area contributed by atoms with Crippen LogP contribution in [0.15, 0.2) is 12.4 Å². The lowest BCUT2D eigenvalue weighted by molar-refractivity contribution is -0.153. The fraction of sp³-hybridized carbons (Fsp3) is 0.333. The van der Waals surface area contributed by atoms with E-state index in [1.54, 1.807) is 0 Å². The number of hydrogen-bond acceptors (Lipinski definition) is 4. The zero-order valence-corrected chi connectivity index (χ0v) is 6.01. The van der Waals surface area contributed by atoms with Crippen molar-refractivity contribution in [1.82, 2.24) is 9.97 Å². The number of imidazole rings is 1. The fourth-order valence-corrected chi connectivity index (χ4v) is 0.724. The van der Waals surface area contributed by atoms with Crippen molar-refractivity contribution in [1.29, 1.82) is 0 Å². The third kappa shape index (κ3) is 1.60. The van der Waals surface area contributed by atoms with Crippen molar-refractivity contribution in [3.8, 4) is 0 Å². The van der Waals surface area contributed by atoms with Crippen LogP contribution in [0.5, 0.6) is 0 Å². The molecule has 0 saturated carbocycles. The Hall–Kier alpha value is -1.40. The van der Waals surface area contributed by atoms with Gasteiger partial charge in [-0.2, -0.15) is 0 Å². The number of nitrogens with one attached hydrogen (secondary N) is 1. The van der Waals surface area contributed by atoms with Gasteiger partial charge in [0.1, 0.15) is 11.9 Å². The maximum atomic E-state index is 10.2. The van der Waals surface area contributed by atoms with E-state index in [1.165, 1.54) is 12.4 Å². The molecule has 66 valence electrons. The standard InChI is InChI=1S/C6H8N2O4/c9-3(4(10)6(11)12)5-7-1-2-8-5/h1-4,9-10H,(H,7,8)(H,11,12). The Morgan fingerprint density at radius 3 is 2.67 bits per heavy atom. The van der Waals surface area contributed by atoms with E-state index >= 15 is 0 Å². The highest BCUT2D eigenvalue weighted by Gasteiger charge is 2.26. The van der Waals surface area contributed by atoms with Gasteiger partial charge in [-0.15, -0.1) is 0 Å². The Labute approximate surface area is 67.5 Å². The maximum Gasteiger partial charge on any atom is 0.335 e. The second-order valence-corrected chi connectivity index (χ2v) is 2.20. The molecule has 0 bridgehead atoms. The van der Waals surface area contributed by atoms with Crippen LogP contribution in [0.1, 0.15) is 11.9 Å². The lowest BCUT2D eigenvalue weighted by Gasteiger charge is -2.10. The van der Waals surface area contributed by atoms with Crippen LogP contribution in [0.4, 0.5) is 0 Å². The molecule has 4 N–H and O–H groups in total. The van der Waals surface area contributed by atoms with Gasteiger partial charge >= 0.3 is 5.97 Å². The monoisotopic (exact) mass is 172 g/mol. The third-order valence-corrected chi connectivity index (χ3v) is 1.35. The third-order valence-electron chi connectivity index (χ3n) is 1.35. The summed E-state index contributed by atoms with van der Waals surface area (Å²) in [6, 6.07) is 0. The molecule has 0 aliphatic rings. The van der Waals surface area contributed by atoms with Gasteiger partial charge in [-0.25, -0.2) is 9.78 Å². The van der Waals surface area contributed by atoms with Crippen molar-refractivity contribution >= 4 is 5.97 Å². The highest BCUT2D eigenvalue weighted by atomic mass is 16.4. The SMILES string of the molecule is O=C(O)C(O)C(O)c1ncc[nH]1. The zero-order chi connectivity index (χ0) is 9.14. The smallest absolute Gasteiger partial charge is 0.335 e. The van der Waals surface area contributed by atoms with E-state index in [9.17, 15) is 4.79 Å². The first-order valence-electron chi connectivity index (χ1n) is 3.21. The first-order chi connectivity index (χ1) is 5.63. The Morgan fingerprint density at radius 2 is 2.25 bits per heavy atom. The summed E-state index contributed by atoms with van der Waals surface area (Å²) in [4.78, 5) is 16.3. The second-order valence-electron chi connectivity index (χ2n) is 2.20. The molecule has 0 saturated heterocycles. The minimum Gasteiger partial charge on any atom is -0.479 e. The molecule has 2 unspecified atom stereocenters. The molecule has 0 aliphatic heterocycles. The van der Waals surface area contributed by atoms with E-state index in [1.807, 2.05) is 0 Å². The van der Waals surface area contributed by atoms with E-state index in [0.717, 1.165) is 0 Å². The van der Waals surface area contributed by atoms with Crippen LogP contribution in [0.2, 0.25) is 0 Å². The molecule has 1 aromatic heterocycles. The number of aromatic amines is 1. The fourth-order valence-electron chi connectivity index (χ4n) is 0.724. The van der Waals surface area contributed by atoms with Crippen LogP contribution in [0.3, 0.4) is 0 Å². The van der Waals surface area contributed by atoms with Crippen LogP contribution in [0.25, 0.3) is 0 Å². The zero-order valence-electron chi connectivity index (χ0n) is 6.01. The molecule has 0 aliphatic carbocycles. The summed E-state index contributed by atoms with van der Waals surface area (Å²) in [6.07, 6.45) is -0.589. The summed E-state index contributed by atoms with van der Waals surface area (Å²) in [7, 11) is 0. The molecule has 12 heavy (non-hydrogen) atoms. The number of carboxylic acid groups (broad SMARTS) is 1. The van der Waals surface area contributed by atoms with Gasteiger partial charge < -0.3 is 20.3 Å². The summed E-state index contributed by atoms with van der Waals surface area (Å²) >= 11 is 0. The van der Waals surface area contributed by atoms with Crippen molar-refractivity contribution in [3.63, 3.8) is 0 Å². The van der Waals surface area contributed by atoms with E-state index < -0.39 is 18.2 Å². The number of hydrogen-bond donors (Lipinski definition) is 4. The van der Waals surface area contributed by atoms with Crippen molar-refractivity contribution in [2.45, 2.75) is 12.2 Å². The molecule has 0 aromatic carbocycles.